The third-order valence-corrected chi connectivity index (χ3v) is 13.1. The van der Waals surface area contributed by atoms with E-state index in [1.807, 2.05) is 123 Å². The predicted molar refractivity (Wildman–Crippen MR) is 219 cm³/mol. The van der Waals surface area contributed by atoms with Crippen molar-refractivity contribution in [1.29, 1.82) is 0 Å². The second-order valence-corrected chi connectivity index (χ2v) is 16.5. The zero-order valence-corrected chi connectivity index (χ0v) is 33.0. The van der Waals surface area contributed by atoms with Gasteiger partial charge in [-0.2, -0.15) is 0 Å². The number of benzene rings is 6. The van der Waals surface area contributed by atoms with Crippen LogP contribution in [0.4, 0.5) is 0 Å². The first-order chi connectivity index (χ1) is 29.2. The summed E-state index contributed by atoms with van der Waals surface area (Å²) >= 11 is 0. The number of hydrogen-bond donors (Lipinski definition) is 0. The van der Waals surface area contributed by atoms with Crippen molar-refractivity contribution in [3.8, 4) is 23.0 Å². The van der Waals surface area contributed by atoms with Crippen LogP contribution >= 0.6 is 0 Å². The van der Waals surface area contributed by atoms with E-state index in [9.17, 15) is 19.8 Å². The van der Waals surface area contributed by atoms with Gasteiger partial charge in [0, 0.05) is 23.7 Å². The maximum absolute atomic E-state index is 12.6. The van der Waals surface area contributed by atoms with Crippen LogP contribution in [0.5, 0.6) is 23.0 Å². The lowest BCUT2D eigenvalue weighted by atomic mass is 9.61. The van der Waals surface area contributed by atoms with Crippen LogP contribution in [-0.2, 0) is 36.0 Å². The van der Waals surface area contributed by atoms with Gasteiger partial charge in [-0.25, -0.2) is 0 Å². The molecule has 6 aromatic rings. The molecular weight excluding hydrogens is 753 g/mol. The Balaban J connectivity index is 0.934. The van der Waals surface area contributed by atoms with E-state index in [-0.39, 0.29) is 11.8 Å². The van der Waals surface area contributed by atoms with Crippen molar-refractivity contribution in [2.45, 2.75) is 63.9 Å². The summed E-state index contributed by atoms with van der Waals surface area (Å²) in [5.74, 6) is -1.02. The van der Waals surface area contributed by atoms with Crippen LogP contribution < -0.4 is 29.2 Å². The minimum absolute atomic E-state index is 0.241. The van der Waals surface area contributed by atoms with Crippen LogP contribution in [0.2, 0.25) is 0 Å². The van der Waals surface area contributed by atoms with Gasteiger partial charge >= 0.3 is 0 Å². The molecule has 0 saturated heterocycles. The van der Waals surface area contributed by atoms with E-state index in [2.05, 4.69) is 12.1 Å². The molecule has 4 atom stereocenters. The molecule has 0 fully saturated rings. The van der Waals surface area contributed by atoms with Crippen molar-refractivity contribution in [2.75, 3.05) is 0 Å². The maximum atomic E-state index is 12.6. The molecule has 16 heterocycles. The van der Waals surface area contributed by atoms with Crippen molar-refractivity contribution in [3.05, 3.63) is 210 Å². The predicted octanol–water partition coefficient (Wildman–Crippen LogP) is 7.63. The summed E-state index contributed by atoms with van der Waals surface area (Å²) in [6.07, 6.45) is 0. The topological polar surface area (TPSA) is 117 Å². The first kappa shape index (κ1) is 36.1. The quantitative estimate of drug-likeness (QED) is 0.176. The van der Waals surface area contributed by atoms with Crippen LogP contribution in [0.25, 0.3) is 0 Å². The lowest BCUT2D eigenvalue weighted by Gasteiger charge is -2.43. The second kappa shape index (κ2) is 13.8. The summed E-state index contributed by atoms with van der Waals surface area (Å²) in [6.45, 7) is 5.16. The molecule has 0 radical (unpaired) electrons. The van der Waals surface area contributed by atoms with Crippen molar-refractivity contribution in [1.82, 2.24) is 0 Å². The molecule has 20 bridgehead atoms. The number of allylic oxidation sites excluding steroid dienone is 2. The Hall–Kier alpha value is -7.06. The number of ether oxygens (including phenoxy) is 4. The first-order valence-electron chi connectivity index (χ1n) is 20.3. The average molecular weight is 791 g/mol. The van der Waals surface area contributed by atoms with Gasteiger partial charge < -0.3 is 38.7 Å². The van der Waals surface area contributed by atoms with Crippen molar-refractivity contribution in [3.63, 3.8) is 0 Å². The molecular formula is C52H38O8-2. The van der Waals surface area contributed by atoms with E-state index in [4.69, 9.17) is 18.9 Å². The molecule has 16 aliphatic heterocycles. The number of carbonyl (C=O) groups is 2. The van der Waals surface area contributed by atoms with E-state index >= 15 is 0 Å². The molecule has 0 saturated carbocycles. The highest BCUT2D eigenvalue weighted by Gasteiger charge is 2.44. The standard InChI is InChI=1S/C52H40O8/c1-27-45-37-15-11-35-21-43(37)49(47(27)51(53)54)39-17-13-33(19-41(39)45)57-23-29-3-5-30(6-4-29)24-58-34-14-18-40-42(20-34)46-28(2)48(52(55)56)50(40)44-22-36(12-16-38(44)46)60-26-32-9-7-31(8-10-32)25-59-35/h3-22,45-46,49-50H,23-26H2,1-2H3,(H,53,54)(H,55,56)/p-2/t45-,46?,49?,50-/m0/s1. The Morgan fingerprint density at radius 3 is 0.900 bits per heavy atom. The average Bonchev–Trinajstić information content (AvgIpc) is 3.26. The van der Waals surface area contributed by atoms with E-state index < -0.39 is 23.8 Å². The van der Waals surface area contributed by atoms with Gasteiger partial charge in [-0.1, -0.05) is 83.9 Å². The summed E-state index contributed by atoms with van der Waals surface area (Å²) in [5, 5.41) is 25.3. The fraction of sp³-hybridized carbons (Fsp3) is 0.192. The van der Waals surface area contributed by atoms with Gasteiger partial charge in [0.05, 0.1) is 11.9 Å². The molecule has 296 valence electrons. The molecule has 0 amide bonds. The van der Waals surface area contributed by atoms with E-state index in [0.29, 0.717) is 60.6 Å². The SMILES string of the molecule is CC1=C(C(=O)[O-])[C@H]2c3ccc4cc3C1c1ccc(cc12)OCc1ccc(cc1)COc1ccc2c(c1)C1C(C(=O)[O-])=C(C)[C@@H]2c2cc(ccc21)OCc1ccc(cc1)CO4. The highest BCUT2D eigenvalue weighted by atomic mass is 16.5. The molecule has 0 N–H and O–H groups in total. The molecule has 6 aromatic carbocycles. The molecule has 60 heavy (non-hydrogen) atoms. The normalized spacial score (nSPS) is 20.6. The minimum Gasteiger partial charge on any atom is -0.545 e. The van der Waals surface area contributed by atoms with Crippen LogP contribution in [-0.4, -0.2) is 11.9 Å². The van der Waals surface area contributed by atoms with Gasteiger partial charge in [0.15, 0.2) is 0 Å². The number of carboxylic acids is 2. The Kier molecular flexibility index (Phi) is 8.27. The van der Waals surface area contributed by atoms with Crippen LogP contribution in [0, 0.1) is 0 Å². The lowest BCUT2D eigenvalue weighted by molar-refractivity contribution is -0.301. The smallest absolute Gasteiger partial charge is 0.120 e. The molecule has 8 heteroatoms. The van der Waals surface area contributed by atoms with Crippen molar-refractivity contribution < 1.29 is 38.7 Å². The largest absolute Gasteiger partial charge is 0.545 e. The van der Waals surface area contributed by atoms with E-state index in [1.54, 1.807) is 0 Å². The Bertz CT molecular complexity index is 2670. The fourth-order valence-corrected chi connectivity index (χ4v) is 10.3. The second-order valence-electron chi connectivity index (χ2n) is 16.5. The number of hydrogen-bond acceptors (Lipinski definition) is 8. The minimum atomic E-state index is -1.15. The number of aliphatic carboxylic acids is 2. The Morgan fingerprint density at radius 2 is 0.633 bits per heavy atom. The zero-order valence-electron chi connectivity index (χ0n) is 33.0. The monoisotopic (exact) mass is 790 g/mol. The molecule has 6 aliphatic carbocycles. The van der Waals surface area contributed by atoms with Crippen molar-refractivity contribution in [2.24, 2.45) is 0 Å². The van der Waals surface area contributed by atoms with Gasteiger partial charge in [0.2, 0.25) is 0 Å². The summed E-state index contributed by atoms with van der Waals surface area (Å²) in [4.78, 5) is 25.3. The summed E-state index contributed by atoms with van der Waals surface area (Å²) < 4.78 is 25.3. The van der Waals surface area contributed by atoms with Crippen molar-refractivity contribution >= 4 is 11.9 Å². The third-order valence-electron chi connectivity index (χ3n) is 13.1. The van der Waals surface area contributed by atoms with E-state index in [1.165, 1.54) is 0 Å². The molecule has 28 rings (SSSR count). The van der Waals surface area contributed by atoms with Gasteiger partial charge in [-0.05, 0) is 140 Å². The Labute approximate surface area is 347 Å². The molecule has 0 aromatic heterocycles. The maximum Gasteiger partial charge on any atom is 0.120 e. The number of carbonyl (C=O) groups excluding carboxylic acids is 2. The number of carboxylic acid groups (broad SMARTS) is 2. The molecule has 8 nitrogen and oxygen atoms in total. The lowest BCUT2D eigenvalue weighted by Crippen LogP contribution is -2.36. The fourth-order valence-electron chi connectivity index (χ4n) is 10.3. The molecule has 0 spiro atoms. The highest BCUT2D eigenvalue weighted by Crippen LogP contribution is 2.58. The number of rotatable bonds is 2. The van der Waals surface area contributed by atoms with Gasteiger partial charge in [-0.15, -0.1) is 0 Å². The Morgan fingerprint density at radius 1 is 0.383 bits per heavy atom. The summed E-state index contributed by atoms with van der Waals surface area (Å²) in [6, 6.07) is 40.0. The third kappa shape index (κ3) is 5.73. The van der Waals surface area contributed by atoms with Gasteiger partial charge in [-0.3, -0.25) is 0 Å². The molecule has 2 unspecified atom stereocenters. The zero-order chi connectivity index (χ0) is 40.8. The first-order valence-corrected chi connectivity index (χ1v) is 20.3. The highest BCUT2D eigenvalue weighted by molar-refractivity contribution is 5.93. The van der Waals surface area contributed by atoms with E-state index in [0.717, 1.165) is 77.9 Å². The van der Waals surface area contributed by atoms with Crippen LogP contribution in [0.3, 0.4) is 0 Å². The van der Waals surface area contributed by atoms with Crippen LogP contribution in [0.1, 0.15) is 104 Å². The van der Waals surface area contributed by atoms with Gasteiger partial charge in [0.1, 0.15) is 49.4 Å². The van der Waals surface area contributed by atoms with Crippen LogP contribution in [0.15, 0.2) is 144 Å². The molecule has 22 aliphatic rings. The summed E-state index contributed by atoms with van der Waals surface area (Å²) in [5.41, 5.74) is 14.1. The summed E-state index contributed by atoms with van der Waals surface area (Å²) in [7, 11) is 0. The van der Waals surface area contributed by atoms with Gasteiger partial charge in [0.25, 0.3) is 0 Å².